The fraction of sp³-hybridized carbons (Fsp3) is 0.368. The van der Waals surface area contributed by atoms with E-state index in [1.807, 2.05) is 11.2 Å². The molecule has 272 valence electrons. The first-order valence-corrected chi connectivity index (χ1v) is 17.2. The van der Waals surface area contributed by atoms with Gasteiger partial charge in [0.2, 0.25) is 0 Å². The van der Waals surface area contributed by atoms with E-state index in [0.717, 1.165) is 17.3 Å². The molecule has 0 spiro atoms. The van der Waals surface area contributed by atoms with E-state index in [-0.39, 0.29) is 37.5 Å². The second-order valence-corrected chi connectivity index (χ2v) is 13.4. The summed E-state index contributed by atoms with van der Waals surface area (Å²) in [5.41, 5.74) is 0.337. The molecule has 4 aromatic rings. The van der Waals surface area contributed by atoms with E-state index in [1.165, 1.54) is 29.2 Å². The number of rotatable bonds is 9. The van der Waals surface area contributed by atoms with Crippen molar-refractivity contribution < 1.29 is 31.5 Å². The van der Waals surface area contributed by atoms with Crippen LogP contribution in [0.15, 0.2) is 79.0 Å². The van der Waals surface area contributed by atoms with Crippen LogP contribution in [0.3, 0.4) is 0 Å². The first kappa shape index (κ1) is 36.5. The van der Waals surface area contributed by atoms with Crippen molar-refractivity contribution in [2.75, 3.05) is 37.6 Å². The number of halogens is 5. The maximum atomic E-state index is 14.5. The van der Waals surface area contributed by atoms with Crippen molar-refractivity contribution in [1.29, 1.82) is 5.26 Å². The standard InChI is InChI=1S/C38H38F5N7O2/c39-29-4-1-3-28(21-29)37(14-19-49(20-15-37)35(51)33-25-46-47-34(33)38(41,42)43)13-18-48-16-11-31(12-17-48)50(32-6-2-5-30(40)22-32)36(52)45-24-27-9-7-26(23-44)8-10-27/h1-10,21-22,25,31H,11-20,24H2,(H,45,52)(H,46,47). The minimum absolute atomic E-state index is 0.195. The average molecular weight is 720 g/mol. The predicted octanol–water partition coefficient (Wildman–Crippen LogP) is 7.02. The van der Waals surface area contributed by atoms with Crippen molar-refractivity contribution in [2.45, 2.75) is 56.3 Å². The van der Waals surface area contributed by atoms with Crippen LogP contribution in [0.25, 0.3) is 0 Å². The number of aromatic nitrogens is 2. The smallest absolute Gasteiger partial charge is 0.338 e. The molecular weight excluding hydrogens is 681 g/mol. The molecule has 3 aromatic carbocycles. The number of carbonyl (C=O) groups is 2. The molecule has 2 aliphatic heterocycles. The molecular formula is C38H38F5N7O2. The zero-order valence-corrected chi connectivity index (χ0v) is 28.3. The molecule has 0 atom stereocenters. The Morgan fingerprint density at radius 3 is 2.27 bits per heavy atom. The van der Waals surface area contributed by atoms with Crippen LogP contribution in [0.4, 0.5) is 32.4 Å². The van der Waals surface area contributed by atoms with Crippen molar-refractivity contribution in [3.8, 4) is 6.07 Å². The Bertz CT molecular complexity index is 1910. The third kappa shape index (κ3) is 8.26. The second kappa shape index (κ2) is 15.5. The summed E-state index contributed by atoms with van der Waals surface area (Å²) in [6.07, 6.45) is -1.13. The highest BCUT2D eigenvalue weighted by molar-refractivity contribution is 5.95. The number of hydrogen-bond donors (Lipinski definition) is 2. The van der Waals surface area contributed by atoms with Gasteiger partial charge in [0.05, 0.1) is 23.4 Å². The number of nitrogens with zero attached hydrogens (tertiary/aromatic N) is 5. The molecule has 0 aliphatic carbocycles. The molecule has 0 saturated carbocycles. The van der Waals surface area contributed by atoms with Gasteiger partial charge in [0.25, 0.3) is 5.91 Å². The van der Waals surface area contributed by atoms with Gasteiger partial charge in [0.1, 0.15) is 11.6 Å². The maximum Gasteiger partial charge on any atom is 0.433 e. The third-order valence-electron chi connectivity index (χ3n) is 10.3. The Balaban J connectivity index is 1.11. The van der Waals surface area contributed by atoms with Gasteiger partial charge in [-0.25, -0.2) is 13.6 Å². The first-order chi connectivity index (χ1) is 25.0. The number of anilines is 1. The molecule has 6 rings (SSSR count). The van der Waals surface area contributed by atoms with Gasteiger partial charge in [-0.1, -0.05) is 30.3 Å². The number of likely N-dealkylation sites (tertiary alicyclic amines) is 2. The van der Waals surface area contributed by atoms with Crippen molar-refractivity contribution in [3.63, 3.8) is 0 Å². The minimum atomic E-state index is -4.75. The summed E-state index contributed by atoms with van der Waals surface area (Å²) in [5.74, 6) is -1.60. The van der Waals surface area contributed by atoms with E-state index < -0.39 is 34.6 Å². The monoisotopic (exact) mass is 719 g/mol. The van der Waals surface area contributed by atoms with Crippen molar-refractivity contribution >= 4 is 17.6 Å². The number of urea groups is 1. The van der Waals surface area contributed by atoms with Crippen LogP contribution in [-0.2, 0) is 18.1 Å². The molecule has 14 heteroatoms. The lowest BCUT2D eigenvalue weighted by atomic mass is 9.70. The zero-order valence-electron chi connectivity index (χ0n) is 28.3. The van der Waals surface area contributed by atoms with Crippen molar-refractivity contribution in [3.05, 3.63) is 119 Å². The number of aromatic amines is 1. The number of benzene rings is 3. The van der Waals surface area contributed by atoms with Gasteiger partial charge in [-0.3, -0.25) is 14.8 Å². The number of hydrogen-bond acceptors (Lipinski definition) is 5. The number of alkyl halides is 3. The number of nitrogens with one attached hydrogen (secondary N) is 2. The van der Waals surface area contributed by atoms with E-state index in [1.54, 1.807) is 47.4 Å². The molecule has 0 bridgehead atoms. The minimum Gasteiger partial charge on any atom is -0.338 e. The van der Waals surface area contributed by atoms with Crippen LogP contribution < -0.4 is 10.2 Å². The quantitative estimate of drug-likeness (QED) is 0.181. The van der Waals surface area contributed by atoms with E-state index in [2.05, 4.69) is 21.4 Å². The van der Waals surface area contributed by atoms with Gasteiger partial charge >= 0.3 is 12.2 Å². The fourth-order valence-corrected chi connectivity index (χ4v) is 7.33. The summed E-state index contributed by atoms with van der Waals surface area (Å²) in [7, 11) is 0. The lowest BCUT2D eigenvalue weighted by Crippen LogP contribution is -2.52. The van der Waals surface area contributed by atoms with Gasteiger partial charge in [-0.2, -0.15) is 23.5 Å². The summed E-state index contributed by atoms with van der Waals surface area (Å²) >= 11 is 0. The van der Waals surface area contributed by atoms with Crippen molar-refractivity contribution in [1.82, 2.24) is 25.3 Å². The molecule has 0 radical (unpaired) electrons. The van der Waals surface area contributed by atoms with Crippen LogP contribution >= 0.6 is 0 Å². The largest absolute Gasteiger partial charge is 0.433 e. The number of H-pyrrole nitrogens is 1. The molecule has 0 unspecified atom stereocenters. The highest BCUT2D eigenvalue weighted by Crippen LogP contribution is 2.40. The van der Waals surface area contributed by atoms with E-state index in [4.69, 9.17) is 5.26 Å². The van der Waals surface area contributed by atoms with Crippen LogP contribution in [0.2, 0.25) is 0 Å². The highest BCUT2D eigenvalue weighted by Gasteiger charge is 2.42. The van der Waals surface area contributed by atoms with Crippen molar-refractivity contribution in [2.24, 2.45) is 0 Å². The number of piperidine rings is 2. The van der Waals surface area contributed by atoms with Gasteiger partial charge in [-0.15, -0.1) is 0 Å². The lowest BCUT2D eigenvalue weighted by Gasteiger charge is -2.44. The molecule has 9 nitrogen and oxygen atoms in total. The topological polar surface area (TPSA) is 108 Å². The Hall–Kier alpha value is -5.29. The SMILES string of the molecule is N#Cc1ccc(CNC(=O)N(c2cccc(F)c2)C2CCN(CCC3(c4cccc(F)c4)CCN(C(=O)c4cn[nH]c4C(F)(F)F)CC3)CC2)cc1. The number of carbonyl (C=O) groups excluding carboxylic acids is 2. The Labute approximate surface area is 298 Å². The molecule has 3 heterocycles. The summed E-state index contributed by atoms with van der Waals surface area (Å²) in [4.78, 5) is 32.1. The summed E-state index contributed by atoms with van der Waals surface area (Å²) in [6.45, 7) is 2.54. The molecule has 2 N–H and O–H groups in total. The molecule has 2 saturated heterocycles. The Morgan fingerprint density at radius 2 is 1.63 bits per heavy atom. The first-order valence-electron chi connectivity index (χ1n) is 17.2. The van der Waals surface area contributed by atoms with Crippen LogP contribution in [0, 0.1) is 23.0 Å². The number of nitriles is 1. The van der Waals surface area contributed by atoms with Crippen LogP contribution in [0.5, 0.6) is 0 Å². The molecule has 1 aromatic heterocycles. The summed E-state index contributed by atoms with van der Waals surface area (Å²) in [5, 5.41) is 17.4. The lowest BCUT2D eigenvalue weighted by molar-refractivity contribution is -0.141. The van der Waals surface area contributed by atoms with Gasteiger partial charge in [-0.05, 0) is 97.7 Å². The Morgan fingerprint density at radius 1 is 0.962 bits per heavy atom. The fourth-order valence-electron chi connectivity index (χ4n) is 7.33. The second-order valence-electron chi connectivity index (χ2n) is 13.4. The van der Waals surface area contributed by atoms with Gasteiger partial charge in [0, 0.05) is 44.5 Å². The van der Waals surface area contributed by atoms with Crippen LogP contribution in [-0.4, -0.2) is 70.7 Å². The van der Waals surface area contributed by atoms with E-state index in [9.17, 15) is 31.5 Å². The summed E-state index contributed by atoms with van der Waals surface area (Å²) in [6, 6.07) is 20.7. The highest BCUT2D eigenvalue weighted by atomic mass is 19.4. The van der Waals surface area contributed by atoms with E-state index in [0.29, 0.717) is 63.0 Å². The Kier molecular flexibility index (Phi) is 10.9. The van der Waals surface area contributed by atoms with Gasteiger partial charge < -0.3 is 15.1 Å². The molecule has 2 fully saturated rings. The zero-order chi connectivity index (χ0) is 36.9. The van der Waals surface area contributed by atoms with Gasteiger partial charge in [0.15, 0.2) is 5.69 Å². The van der Waals surface area contributed by atoms with E-state index >= 15 is 0 Å². The normalized spacial score (nSPS) is 16.7. The van der Waals surface area contributed by atoms with Crippen LogP contribution in [0.1, 0.15) is 64.8 Å². The molecule has 52 heavy (non-hydrogen) atoms. The molecule has 2 aliphatic rings. The summed E-state index contributed by atoms with van der Waals surface area (Å²) < 4.78 is 69.3. The maximum absolute atomic E-state index is 14.5. The predicted molar refractivity (Wildman–Crippen MR) is 183 cm³/mol. The average Bonchev–Trinajstić information content (AvgIpc) is 3.66. The number of amides is 3. The molecule has 3 amide bonds. The third-order valence-corrected chi connectivity index (χ3v) is 10.3.